The van der Waals surface area contributed by atoms with E-state index >= 15 is 0 Å². The Bertz CT molecular complexity index is 741. The van der Waals surface area contributed by atoms with Gasteiger partial charge in [0.15, 0.2) is 6.10 Å². The molecule has 2 aromatic rings. The van der Waals surface area contributed by atoms with Gasteiger partial charge in [-0.3, -0.25) is 4.79 Å². The van der Waals surface area contributed by atoms with Crippen LogP contribution >= 0.6 is 0 Å². The van der Waals surface area contributed by atoms with E-state index in [1.54, 1.807) is 0 Å². The lowest BCUT2D eigenvalue weighted by Crippen LogP contribution is -2.42. The second kappa shape index (κ2) is 9.59. The fraction of sp³-hybridized carbons (Fsp3) is 0.458. The Hall–Kier alpha value is -2.29. The van der Waals surface area contributed by atoms with Crippen molar-refractivity contribution in [2.45, 2.75) is 70.9 Å². The molecule has 3 nitrogen and oxygen atoms in total. The van der Waals surface area contributed by atoms with Crippen LogP contribution in [0.25, 0.3) is 0 Å². The summed E-state index contributed by atoms with van der Waals surface area (Å²) in [6.07, 6.45) is 6.90. The number of carbonyl (C=O) groups is 1. The van der Waals surface area contributed by atoms with Crippen LogP contribution in [0.4, 0.5) is 0 Å². The third-order valence-corrected chi connectivity index (χ3v) is 5.36. The maximum Gasteiger partial charge on any atom is 0.261 e. The summed E-state index contributed by atoms with van der Waals surface area (Å²) >= 11 is 0. The predicted octanol–water partition coefficient (Wildman–Crippen LogP) is 4.86. The van der Waals surface area contributed by atoms with Gasteiger partial charge in [-0.25, -0.2) is 0 Å². The van der Waals surface area contributed by atoms with E-state index in [4.69, 9.17) is 4.74 Å². The second-order valence-electron chi connectivity index (χ2n) is 7.59. The van der Waals surface area contributed by atoms with Crippen molar-refractivity contribution in [2.75, 3.05) is 0 Å². The Morgan fingerprint density at radius 2 is 1.81 bits per heavy atom. The smallest absolute Gasteiger partial charge is 0.261 e. The van der Waals surface area contributed by atoms with Gasteiger partial charge in [0.05, 0.1) is 0 Å². The zero-order valence-electron chi connectivity index (χ0n) is 16.5. The predicted molar refractivity (Wildman–Crippen MR) is 110 cm³/mol. The number of aryl methyl sites for hydroxylation is 3. The zero-order valence-corrected chi connectivity index (χ0v) is 16.5. The molecule has 3 rings (SSSR count). The Balaban J connectivity index is 1.52. The fourth-order valence-corrected chi connectivity index (χ4v) is 3.71. The lowest BCUT2D eigenvalue weighted by atomic mass is 9.92. The van der Waals surface area contributed by atoms with Gasteiger partial charge < -0.3 is 10.1 Å². The lowest BCUT2D eigenvalue weighted by Gasteiger charge is -2.22. The van der Waals surface area contributed by atoms with E-state index in [-0.39, 0.29) is 11.9 Å². The van der Waals surface area contributed by atoms with Crippen molar-refractivity contribution in [3.63, 3.8) is 0 Å². The van der Waals surface area contributed by atoms with Crippen LogP contribution in [0.15, 0.2) is 48.5 Å². The van der Waals surface area contributed by atoms with E-state index in [1.807, 2.05) is 19.1 Å². The van der Waals surface area contributed by atoms with Crippen molar-refractivity contribution in [3.05, 3.63) is 65.2 Å². The Morgan fingerprint density at radius 1 is 1.07 bits per heavy atom. The SMILES string of the molecule is CCC(Oc1ccc2c(c1)CCCC2)C(=O)NC(C)CCc1ccccc1. The first-order valence-corrected chi connectivity index (χ1v) is 10.3. The molecule has 1 N–H and O–H groups in total. The molecule has 2 unspecified atom stereocenters. The van der Waals surface area contributed by atoms with Crippen LogP contribution < -0.4 is 10.1 Å². The number of carbonyl (C=O) groups excluding carboxylic acids is 1. The highest BCUT2D eigenvalue weighted by Crippen LogP contribution is 2.26. The molecule has 1 aliphatic carbocycles. The quantitative estimate of drug-likeness (QED) is 0.725. The molecular weight excluding hydrogens is 334 g/mol. The average Bonchev–Trinajstić information content (AvgIpc) is 2.71. The third kappa shape index (κ3) is 5.59. The van der Waals surface area contributed by atoms with Crippen molar-refractivity contribution in [3.8, 4) is 5.75 Å². The topological polar surface area (TPSA) is 38.3 Å². The van der Waals surface area contributed by atoms with Crippen LogP contribution in [0.5, 0.6) is 5.75 Å². The Kier molecular flexibility index (Phi) is 6.92. The van der Waals surface area contributed by atoms with Crippen LogP contribution in [-0.4, -0.2) is 18.1 Å². The van der Waals surface area contributed by atoms with E-state index < -0.39 is 6.10 Å². The highest BCUT2D eigenvalue weighted by atomic mass is 16.5. The molecule has 0 saturated heterocycles. The van der Waals surface area contributed by atoms with Gasteiger partial charge in [0.25, 0.3) is 5.91 Å². The van der Waals surface area contributed by atoms with Gasteiger partial charge in [-0.1, -0.05) is 43.3 Å². The number of ether oxygens (including phenoxy) is 1. The van der Waals surface area contributed by atoms with E-state index in [2.05, 4.69) is 48.6 Å². The maximum atomic E-state index is 12.7. The summed E-state index contributed by atoms with van der Waals surface area (Å²) in [5, 5.41) is 3.12. The summed E-state index contributed by atoms with van der Waals surface area (Å²) in [7, 11) is 0. The van der Waals surface area contributed by atoms with Crippen molar-refractivity contribution in [1.29, 1.82) is 0 Å². The molecule has 0 aliphatic heterocycles. The minimum Gasteiger partial charge on any atom is -0.481 e. The van der Waals surface area contributed by atoms with Gasteiger partial charge in [0.2, 0.25) is 0 Å². The second-order valence-corrected chi connectivity index (χ2v) is 7.59. The van der Waals surface area contributed by atoms with Gasteiger partial charge in [-0.2, -0.15) is 0 Å². The lowest BCUT2D eigenvalue weighted by molar-refractivity contribution is -0.128. The van der Waals surface area contributed by atoms with Crippen molar-refractivity contribution in [2.24, 2.45) is 0 Å². The maximum absolute atomic E-state index is 12.7. The van der Waals surface area contributed by atoms with E-state index in [1.165, 1.54) is 29.5 Å². The summed E-state index contributed by atoms with van der Waals surface area (Å²) in [5.74, 6) is 0.797. The van der Waals surface area contributed by atoms with Crippen LogP contribution in [0.2, 0.25) is 0 Å². The highest BCUT2D eigenvalue weighted by molar-refractivity contribution is 5.81. The molecule has 27 heavy (non-hydrogen) atoms. The molecular formula is C24H31NO2. The van der Waals surface area contributed by atoms with Gasteiger partial charge >= 0.3 is 0 Å². The minimum atomic E-state index is -0.439. The van der Waals surface area contributed by atoms with Crippen LogP contribution in [0, 0.1) is 0 Å². The number of rotatable bonds is 8. The fourth-order valence-electron chi connectivity index (χ4n) is 3.71. The molecule has 2 aromatic carbocycles. The molecule has 0 saturated carbocycles. The van der Waals surface area contributed by atoms with Gasteiger partial charge in [0, 0.05) is 6.04 Å². The zero-order chi connectivity index (χ0) is 19.1. The summed E-state index contributed by atoms with van der Waals surface area (Å²) < 4.78 is 6.04. The Labute approximate surface area is 163 Å². The molecule has 0 radical (unpaired) electrons. The summed E-state index contributed by atoms with van der Waals surface area (Å²) in [6, 6.07) is 16.8. The summed E-state index contributed by atoms with van der Waals surface area (Å²) in [4.78, 5) is 12.7. The Morgan fingerprint density at radius 3 is 2.56 bits per heavy atom. The van der Waals surface area contributed by atoms with Crippen molar-refractivity contribution < 1.29 is 9.53 Å². The molecule has 1 amide bonds. The number of hydrogen-bond acceptors (Lipinski definition) is 2. The minimum absolute atomic E-state index is 0.0178. The van der Waals surface area contributed by atoms with E-state index in [9.17, 15) is 4.79 Å². The summed E-state index contributed by atoms with van der Waals surface area (Å²) in [5.41, 5.74) is 4.11. The number of hydrogen-bond donors (Lipinski definition) is 1. The molecule has 2 atom stereocenters. The number of nitrogens with one attached hydrogen (secondary N) is 1. The normalized spacial score (nSPS) is 15.5. The van der Waals surface area contributed by atoms with Crippen LogP contribution in [0.3, 0.4) is 0 Å². The van der Waals surface area contributed by atoms with Gasteiger partial charge in [-0.15, -0.1) is 0 Å². The monoisotopic (exact) mass is 365 g/mol. The molecule has 0 bridgehead atoms. The molecule has 1 aliphatic rings. The molecule has 0 spiro atoms. The molecule has 3 heteroatoms. The van der Waals surface area contributed by atoms with Crippen molar-refractivity contribution in [1.82, 2.24) is 5.32 Å². The number of fused-ring (bicyclic) bond motifs is 1. The number of amides is 1. The standard InChI is InChI=1S/C24H31NO2/c1-3-23(27-22-16-15-20-11-7-8-12-21(20)17-22)24(26)25-18(2)13-14-19-9-5-4-6-10-19/h4-6,9-10,15-18,23H,3,7-8,11-14H2,1-2H3,(H,25,26). The van der Waals surface area contributed by atoms with E-state index in [0.717, 1.165) is 31.4 Å². The average molecular weight is 366 g/mol. The van der Waals surface area contributed by atoms with Gasteiger partial charge in [-0.05, 0) is 80.7 Å². The molecule has 0 fully saturated rings. The van der Waals surface area contributed by atoms with E-state index in [0.29, 0.717) is 6.42 Å². The highest BCUT2D eigenvalue weighted by Gasteiger charge is 2.21. The molecule has 0 heterocycles. The molecule has 144 valence electrons. The molecule has 0 aromatic heterocycles. The number of benzene rings is 2. The third-order valence-electron chi connectivity index (χ3n) is 5.36. The first kappa shape index (κ1) is 19.5. The first-order valence-electron chi connectivity index (χ1n) is 10.3. The first-order chi connectivity index (χ1) is 13.2. The van der Waals surface area contributed by atoms with Crippen LogP contribution in [-0.2, 0) is 24.1 Å². The summed E-state index contributed by atoms with van der Waals surface area (Å²) in [6.45, 7) is 4.06. The van der Waals surface area contributed by atoms with Crippen LogP contribution in [0.1, 0.15) is 56.2 Å². The largest absolute Gasteiger partial charge is 0.481 e. The van der Waals surface area contributed by atoms with Crippen molar-refractivity contribution >= 4 is 5.91 Å². The van der Waals surface area contributed by atoms with Gasteiger partial charge in [0.1, 0.15) is 5.75 Å².